The number of rotatable bonds is 77. The summed E-state index contributed by atoms with van der Waals surface area (Å²) in [6.45, 7) is 11.9. The van der Waals surface area contributed by atoms with Gasteiger partial charge in [0.05, 0.1) is 26.4 Å². The summed E-state index contributed by atoms with van der Waals surface area (Å²) in [6.07, 6.45) is 57.1. The highest BCUT2D eigenvalue weighted by atomic mass is 31.2. The zero-order valence-corrected chi connectivity index (χ0v) is 66.0. The third-order valence-corrected chi connectivity index (χ3v) is 20.6. The van der Waals surface area contributed by atoms with Crippen LogP contribution in [0.1, 0.15) is 408 Å². The lowest BCUT2D eigenvalue weighted by molar-refractivity contribution is -0.161. The third-order valence-electron chi connectivity index (χ3n) is 18.7. The van der Waals surface area contributed by atoms with Crippen LogP contribution >= 0.6 is 15.6 Å². The molecule has 0 spiro atoms. The Labute approximate surface area is 600 Å². The maximum absolute atomic E-state index is 13.1. The Morgan fingerprint density at radius 2 is 0.520 bits per heavy atom. The van der Waals surface area contributed by atoms with Gasteiger partial charge in [-0.25, -0.2) is 9.13 Å². The van der Waals surface area contributed by atoms with E-state index in [2.05, 4.69) is 48.5 Å². The van der Waals surface area contributed by atoms with Crippen molar-refractivity contribution < 1.29 is 80.2 Å². The van der Waals surface area contributed by atoms with Gasteiger partial charge in [-0.15, -0.1) is 0 Å². The first kappa shape index (κ1) is 96.1. The van der Waals surface area contributed by atoms with E-state index < -0.39 is 97.5 Å². The van der Waals surface area contributed by atoms with Gasteiger partial charge in [0.1, 0.15) is 19.3 Å². The fourth-order valence-corrected chi connectivity index (χ4v) is 13.7. The van der Waals surface area contributed by atoms with Crippen LogP contribution in [0.2, 0.25) is 0 Å². The molecule has 0 aromatic rings. The average molecular weight is 1440 g/mol. The van der Waals surface area contributed by atoms with Crippen molar-refractivity contribution >= 4 is 39.5 Å². The molecule has 19 heteroatoms. The van der Waals surface area contributed by atoms with E-state index in [4.69, 9.17) is 37.0 Å². The first-order valence-corrected chi connectivity index (χ1v) is 43.9. The van der Waals surface area contributed by atoms with E-state index in [1.807, 2.05) is 0 Å². The fraction of sp³-hybridized carbons (Fsp3) is 0.949. The lowest BCUT2D eigenvalue weighted by Gasteiger charge is -2.21. The van der Waals surface area contributed by atoms with Gasteiger partial charge in [0, 0.05) is 25.7 Å². The van der Waals surface area contributed by atoms with E-state index in [9.17, 15) is 43.2 Å². The summed E-state index contributed by atoms with van der Waals surface area (Å²) in [6, 6.07) is 0. The SMILES string of the molecule is CCCCCCCCCCCCCCCCCCCCCCCCC(=O)O[C@H](COC(=O)CCCCCCCCCCCCCC(C)C)COP(=O)(O)OC[C@@H](O)COP(=O)(O)OC[C@@H](COC(=O)CCCCCCCCC(C)CC)OC(=O)CCCCCCCCCCCC(C)C. The van der Waals surface area contributed by atoms with Crippen LogP contribution in [-0.2, 0) is 65.4 Å². The minimum Gasteiger partial charge on any atom is -0.462 e. The molecule has 582 valence electrons. The molecule has 17 nitrogen and oxygen atoms in total. The molecule has 0 amide bonds. The predicted octanol–water partition coefficient (Wildman–Crippen LogP) is 23.4. The first-order chi connectivity index (χ1) is 47.3. The third kappa shape index (κ3) is 71.1. The van der Waals surface area contributed by atoms with Crippen LogP contribution < -0.4 is 0 Å². The van der Waals surface area contributed by atoms with Crippen LogP contribution in [0.5, 0.6) is 0 Å². The van der Waals surface area contributed by atoms with Gasteiger partial charge in [-0.3, -0.25) is 37.3 Å². The van der Waals surface area contributed by atoms with Crippen molar-refractivity contribution in [1.29, 1.82) is 0 Å². The number of aliphatic hydroxyl groups excluding tert-OH is 1. The number of unbranched alkanes of at least 4 members (excludes halogenated alkanes) is 44. The van der Waals surface area contributed by atoms with Crippen LogP contribution in [0.15, 0.2) is 0 Å². The van der Waals surface area contributed by atoms with Gasteiger partial charge in [0.2, 0.25) is 0 Å². The second-order valence-electron chi connectivity index (χ2n) is 29.6. The molecule has 0 saturated carbocycles. The van der Waals surface area contributed by atoms with Crippen molar-refractivity contribution in [3.63, 3.8) is 0 Å². The highest BCUT2D eigenvalue weighted by Crippen LogP contribution is 2.45. The van der Waals surface area contributed by atoms with E-state index in [1.165, 1.54) is 212 Å². The molecule has 3 unspecified atom stereocenters. The van der Waals surface area contributed by atoms with Crippen molar-refractivity contribution in [3.05, 3.63) is 0 Å². The van der Waals surface area contributed by atoms with Crippen molar-refractivity contribution in [1.82, 2.24) is 0 Å². The number of hydrogen-bond donors (Lipinski definition) is 3. The van der Waals surface area contributed by atoms with Crippen LogP contribution in [0.25, 0.3) is 0 Å². The van der Waals surface area contributed by atoms with Gasteiger partial charge in [0.15, 0.2) is 12.2 Å². The molecule has 3 N–H and O–H groups in total. The summed E-state index contributed by atoms with van der Waals surface area (Å²) >= 11 is 0. The zero-order valence-electron chi connectivity index (χ0n) is 64.3. The molecule has 98 heavy (non-hydrogen) atoms. The van der Waals surface area contributed by atoms with Crippen LogP contribution in [0.4, 0.5) is 0 Å². The van der Waals surface area contributed by atoms with Crippen molar-refractivity contribution in [2.24, 2.45) is 17.8 Å². The molecule has 0 aliphatic heterocycles. The van der Waals surface area contributed by atoms with Crippen molar-refractivity contribution in [2.45, 2.75) is 426 Å². The van der Waals surface area contributed by atoms with Crippen LogP contribution in [0, 0.1) is 17.8 Å². The molecule has 0 fully saturated rings. The minimum atomic E-state index is -4.96. The summed E-state index contributed by atoms with van der Waals surface area (Å²) in [5.74, 6) is 0.120. The Morgan fingerprint density at radius 1 is 0.296 bits per heavy atom. The van der Waals surface area contributed by atoms with Gasteiger partial charge in [0.25, 0.3) is 0 Å². The number of phosphoric acid groups is 2. The number of phosphoric ester groups is 2. The van der Waals surface area contributed by atoms with Gasteiger partial charge >= 0.3 is 39.5 Å². The first-order valence-electron chi connectivity index (χ1n) is 40.9. The summed E-state index contributed by atoms with van der Waals surface area (Å²) in [5.41, 5.74) is 0. The Bertz CT molecular complexity index is 1910. The smallest absolute Gasteiger partial charge is 0.462 e. The summed E-state index contributed by atoms with van der Waals surface area (Å²) in [7, 11) is -9.92. The Balaban J connectivity index is 5.20. The number of carbonyl (C=O) groups is 4. The highest BCUT2D eigenvalue weighted by molar-refractivity contribution is 7.47. The molecular formula is C79H154O17P2. The molecular weight excluding hydrogens is 1280 g/mol. The van der Waals surface area contributed by atoms with Crippen LogP contribution in [-0.4, -0.2) is 96.7 Å². The molecule has 0 rings (SSSR count). The van der Waals surface area contributed by atoms with Gasteiger partial charge in [-0.05, 0) is 43.4 Å². The number of carbonyl (C=O) groups excluding carboxylic acids is 4. The standard InChI is InChI=1S/C79H154O17P2/c1-8-10-11-12-13-14-15-16-17-18-19-20-21-22-23-24-25-28-34-39-48-55-62-78(83)95-74(66-89-76(81)60-53-46-38-33-29-26-27-31-36-43-50-57-70(3)4)68-93-97(85,86)91-64-73(80)65-92-98(87,88)94-69-75(67-90-77(82)61-54-47-42-41-45-52-59-72(7)9-2)96-79(84)63-56-49-40-35-30-32-37-44-51-58-71(5)6/h70-75,80H,8-69H2,1-7H3,(H,85,86)(H,87,88)/t72?,73-,74-,75-/m1/s1. The summed E-state index contributed by atoms with van der Waals surface area (Å²) in [4.78, 5) is 72.9. The largest absolute Gasteiger partial charge is 0.472 e. The zero-order chi connectivity index (χ0) is 72.3. The molecule has 0 aliphatic carbocycles. The normalized spacial score (nSPS) is 14.3. The van der Waals surface area contributed by atoms with E-state index >= 15 is 0 Å². The maximum atomic E-state index is 13.1. The maximum Gasteiger partial charge on any atom is 0.472 e. The quantitative estimate of drug-likeness (QED) is 0.0222. The molecule has 0 saturated heterocycles. The fourth-order valence-electron chi connectivity index (χ4n) is 12.1. The summed E-state index contributed by atoms with van der Waals surface area (Å²) < 4.78 is 68.6. The second-order valence-corrected chi connectivity index (χ2v) is 32.6. The lowest BCUT2D eigenvalue weighted by Crippen LogP contribution is -2.30. The van der Waals surface area contributed by atoms with Gasteiger partial charge in [-0.2, -0.15) is 0 Å². The lowest BCUT2D eigenvalue weighted by atomic mass is 10.00. The van der Waals surface area contributed by atoms with E-state index in [0.717, 1.165) is 114 Å². The van der Waals surface area contributed by atoms with E-state index in [-0.39, 0.29) is 25.7 Å². The van der Waals surface area contributed by atoms with E-state index in [0.29, 0.717) is 25.7 Å². The van der Waals surface area contributed by atoms with Gasteiger partial charge in [-0.1, -0.05) is 357 Å². The molecule has 0 aromatic heterocycles. The Morgan fingerprint density at radius 3 is 0.776 bits per heavy atom. The highest BCUT2D eigenvalue weighted by Gasteiger charge is 2.30. The van der Waals surface area contributed by atoms with Crippen molar-refractivity contribution in [2.75, 3.05) is 39.6 Å². The monoisotopic (exact) mass is 1440 g/mol. The Hall–Kier alpha value is -1.94. The molecule has 6 atom stereocenters. The van der Waals surface area contributed by atoms with E-state index in [1.54, 1.807) is 0 Å². The molecule has 0 aliphatic rings. The number of aliphatic hydroxyl groups is 1. The molecule has 0 bridgehead atoms. The minimum absolute atomic E-state index is 0.104. The van der Waals surface area contributed by atoms with Crippen molar-refractivity contribution in [3.8, 4) is 0 Å². The van der Waals surface area contributed by atoms with Crippen LogP contribution in [0.3, 0.4) is 0 Å². The molecule has 0 radical (unpaired) electrons. The summed E-state index contributed by atoms with van der Waals surface area (Å²) in [5, 5.41) is 10.6. The average Bonchev–Trinajstić information content (AvgIpc) is 1.02. The number of hydrogen-bond acceptors (Lipinski definition) is 15. The van der Waals surface area contributed by atoms with Gasteiger partial charge < -0.3 is 33.8 Å². The predicted molar refractivity (Wildman–Crippen MR) is 400 cm³/mol. The number of ether oxygens (including phenoxy) is 4. The topological polar surface area (TPSA) is 237 Å². The molecule has 0 aromatic carbocycles. The Kier molecular flexibility index (Phi) is 68.1. The second kappa shape index (κ2) is 69.4. The molecule has 0 heterocycles. The number of esters is 4.